The third kappa shape index (κ3) is 4.45. The molecule has 0 fully saturated rings. The van der Waals surface area contributed by atoms with E-state index in [-0.39, 0.29) is 23.0 Å². The second-order valence-electron chi connectivity index (χ2n) is 2.11. The van der Waals surface area contributed by atoms with E-state index in [1.807, 2.05) is 0 Å². The van der Waals surface area contributed by atoms with Crippen LogP contribution in [-0.4, -0.2) is 17.1 Å². The van der Waals surface area contributed by atoms with E-state index in [0.29, 0.717) is 0 Å². The number of nitrogens with two attached hydrogens (primary N) is 1. The minimum Gasteiger partial charge on any atom is -0.480 e. The van der Waals surface area contributed by atoms with Gasteiger partial charge in [-0.25, -0.2) is 0 Å². The number of carbonyl (C=O) groups is 1. The maximum atomic E-state index is 10.0. The van der Waals surface area contributed by atoms with Crippen molar-refractivity contribution in [3.05, 3.63) is 0 Å². The van der Waals surface area contributed by atoms with Crippen molar-refractivity contribution in [2.24, 2.45) is 11.7 Å². The number of aliphatic carboxylic acids is 1. The van der Waals surface area contributed by atoms with Gasteiger partial charge in [-0.3, -0.25) is 4.79 Å². The second kappa shape index (κ2) is 4.79. The number of carboxylic acids is 1. The van der Waals surface area contributed by atoms with E-state index in [0.717, 1.165) is 0 Å². The van der Waals surface area contributed by atoms with E-state index in [1.54, 1.807) is 13.8 Å². The van der Waals surface area contributed by atoms with Crippen molar-refractivity contribution in [1.29, 1.82) is 0 Å². The van der Waals surface area contributed by atoms with Crippen molar-refractivity contribution >= 4 is 5.97 Å². The van der Waals surface area contributed by atoms with Crippen LogP contribution >= 0.6 is 0 Å². The third-order valence-electron chi connectivity index (χ3n) is 1.00. The molecule has 9 heavy (non-hydrogen) atoms. The summed E-state index contributed by atoms with van der Waals surface area (Å²) in [6.07, 6.45) is 0. The Labute approximate surface area is 65.1 Å². The molecule has 0 aromatic rings. The van der Waals surface area contributed by atoms with Gasteiger partial charge in [0.1, 0.15) is 6.04 Å². The van der Waals surface area contributed by atoms with Gasteiger partial charge in [-0.2, -0.15) is 0 Å². The molecule has 1 unspecified atom stereocenters. The molecule has 0 aliphatic carbocycles. The first-order valence-corrected chi connectivity index (χ1v) is 2.54. The fourth-order valence-electron chi connectivity index (χ4n) is 0.285. The minimum absolute atomic E-state index is 0. The van der Waals surface area contributed by atoms with E-state index < -0.39 is 12.0 Å². The molecule has 0 aliphatic heterocycles. The molecule has 0 amide bonds. The predicted molar refractivity (Wildman–Crippen MR) is 30.4 cm³/mol. The monoisotopic (exact) mass is 173 g/mol. The molecular weight excluding hydrogens is 162 g/mol. The number of rotatable bonds is 2. The van der Waals surface area contributed by atoms with Gasteiger partial charge in [0, 0.05) is 17.1 Å². The molecule has 0 aromatic heterocycles. The first-order chi connectivity index (χ1) is 3.55. The molecule has 0 aromatic carbocycles. The Bertz CT molecular complexity index is 95.0. The van der Waals surface area contributed by atoms with Crippen LogP contribution < -0.4 is 5.73 Å². The SMILES string of the molecule is CC(C)C(N)C(=O)O.[Fe]. The number of hydrogen-bond acceptors (Lipinski definition) is 2. The van der Waals surface area contributed by atoms with Crippen LogP contribution in [0.15, 0.2) is 0 Å². The maximum Gasteiger partial charge on any atom is 0.320 e. The van der Waals surface area contributed by atoms with Crippen molar-refractivity contribution in [3.8, 4) is 0 Å². The maximum absolute atomic E-state index is 10.0. The summed E-state index contributed by atoms with van der Waals surface area (Å²) in [6.45, 7) is 3.55. The zero-order valence-electron chi connectivity index (χ0n) is 5.44. The van der Waals surface area contributed by atoms with Gasteiger partial charge in [0.2, 0.25) is 0 Å². The van der Waals surface area contributed by atoms with Gasteiger partial charge in [0.05, 0.1) is 0 Å². The Kier molecular flexibility index (Phi) is 6.24. The van der Waals surface area contributed by atoms with Crippen LogP contribution in [0.2, 0.25) is 0 Å². The van der Waals surface area contributed by atoms with Crippen molar-refractivity contribution in [2.75, 3.05) is 0 Å². The Morgan fingerprint density at radius 3 is 1.89 bits per heavy atom. The first kappa shape index (κ1) is 11.7. The third-order valence-corrected chi connectivity index (χ3v) is 1.00. The fraction of sp³-hybridized carbons (Fsp3) is 0.800. The molecule has 0 spiro atoms. The van der Waals surface area contributed by atoms with E-state index in [4.69, 9.17) is 10.8 Å². The van der Waals surface area contributed by atoms with Gasteiger partial charge in [-0.15, -0.1) is 0 Å². The molecule has 0 aliphatic rings. The molecule has 3 N–H and O–H groups in total. The van der Waals surface area contributed by atoms with Crippen molar-refractivity contribution in [1.82, 2.24) is 0 Å². The van der Waals surface area contributed by atoms with Crippen LogP contribution in [0.1, 0.15) is 13.8 Å². The zero-order valence-corrected chi connectivity index (χ0v) is 6.55. The summed E-state index contributed by atoms with van der Waals surface area (Å²) in [5, 5.41) is 8.23. The Morgan fingerprint density at radius 2 is 1.89 bits per heavy atom. The quantitative estimate of drug-likeness (QED) is 0.580. The van der Waals surface area contributed by atoms with Gasteiger partial charge < -0.3 is 10.8 Å². The zero-order chi connectivity index (χ0) is 6.73. The summed E-state index contributed by atoms with van der Waals surface area (Å²) < 4.78 is 0. The molecule has 56 valence electrons. The van der Waals surface area contributed by atoms with Crippen LogP contribution in [0.25, 0.3) is 0 Å². The van der Waals surface area contributed by atoms with Crippen LogP contribution in [0.4, 0.5) is 0 Å². The van der Waals surface area contributed by atoms with Crippen molar-refractivity contribution < 1.29 is 27.0 Å². The van der Waals surface area contributed by atoms with Crippen LogP contribution in [0, 0.1) is 5.92 Å². The van der Waals surface area contributed by atoms with E-state index in [1.165, 1.54) is 0 Å². The Morgan fingerprint density at radius 1 is 1.56 bits per heavy atom. The summed E-state index contributed by atoms with van der Waals surface area (Å²) >= 11 is 0. The minimum atomic E-state index is -0.931. The molecule has 0 bridgehead atoms. The van der Waals surface area contributed by atoms with Gasteiger partial charge in [0.15, 0.2) is 0 Å². The Hall–Kier alpha value is -0.0505. The average Bonchev–Trinajstić information content (AvgIpc) is 1.64. The van der Waals surface area contributed by atoms with E-state index in [2.05, 4.69) is 0 Å². The largest absolute Gasteiger partial charge is 0.480 e. The smallest absolute Gasteiger partial charge is 0.320 e. The second-order valence-corrected chi connectivity index (χ2v) is 2.11. The molecule has 0 heterocycles. The molecule has 4 heteroatoms. The van der Waals surface area contributed by atoms with Crippen LogP contribution in [0.5, 0.6) is 0 Å². The van der Waals surface area contributed by atoms with Gasteiger partial charge in [-0.1, -0.05) is 13.8 Å². The standard InChI is InChI=1S/C5H11NO2.Fe/c1-3(2)4(6)5(7)8;/h3-4H,6H2,1-2H3,(H,7,8);. The summed E-state index contributed by atoms with van der Waals surface area (Å²) in [4.78, 5) is 10.0. The summed E-state index contributed by atoms with van der Waals surface area (Å²) in [5.74, 6) is -0.910. The predicted octanol–water partition coefficient (Wildman–Crippen LogP) is 0.0518. The van der Waals surface area contributed by atoms with E-state index in [9.17, 15) is 4.79 Å². The molecule has 1 atom stereocenters. The normalized spacial score (nSPS) is 12.4. The Balaban J connectivity index is 0. The molecule has 3 nitrogen and oxygen atoms in total. The summed E-state index contributed by atoms with van der Waals surface area (Å²) in [7, 11) is 0. The van der Waals surface area contributed by atoms with Crippen LogP contribution in [0.3, 0.4) is 0 Å². The van der Waals surface area contributed by atoms with Gasteiger partial charge in [-0.05, 0) is 5.92 Å². The topological polar surface area (TPSA) is 63.3 Å². The van der Waals surface area contributed by atoms with Crippen molar-refractivity contribution in [3.63, 3.8) is 0 Å². The average molecular weight is 173 g/mol. The van der Waals surface area contributed by atoms with Crippen LogP contribution in [-0.2, 0) is 21.9 Å². The molecular formula is C5H11FeNO2. The van der Waals surface area contributed by atoms with E-state index >= 15 is 0 Å². The van der Waals surface area contributed by atoms with Crippen molar-refractivity contribution in [2.45, 2.75) is 19.9 Å². The van der Waals surface area contributed by atoms with Gasteiger partial charge in [0.25, 0.3) is 0 Å². The fourth-order valence-corrected chi connectivity index (χ4v) is 0.285. The molecule has 0 saturated heterocycles. The molecule has 0 radical (unpaired) electrons. The summed E-state index contributed by atoms with van der Waals surface area (Å²) in [5.41, 5.74) is 5.16. The molecule has 0 rings (SSSR count). The first-order valence-electron chi connectivity index (χ1n) is 2.54. The van der Waals surface area contributed by atoms with Gasteiger partial charge >= 0.3 is 5.97 Å². The molecule has 0 saturated carbocycles. The summed E-state index contributed by atoms with van der Waals surface area (Å²) in [6, 6.07) is -0.713. The number of carboxylic acid groups (broad SMARTS) is 1. The number of hydrogen-bond donors (Lipinski definition) is 2.